The predicted molar refractivity (Wildman–Crippen MR) is 79.2 cm³/mol. The molecule has 1 N–H and O–H groups in total. The maximum atomic E-state index is 11.8. The normalized spacial score (nSPS) is 10.8. The van der Waals surface area contributed by atoms with Crippen molar-refractivity contribution < 1.29 is 4.79 Å². The number of fused-ring (bicyclic) bond motifs is 1. The first kappa shape index (κ1) is 13.7. The van der Waals surface area contributed by atoms with Crippen molar-refractivity contribution in [1.29, 1.82) is 0 Å². The van der Waals surface area contributed by atoms with Crippen LogP contribution >= 0.6 is 0 Å². The molecule has 19 heavy (non-hydrogen) atoms. The molecule has 1 amide bonds. The van der Waals surface area contributed by atoms with Gasteiger partial charge in [-0.15, -0.1) is 0 Å². The second kappa shape index (κ2) is 6.41. The summed E-state index contributed by atoms with van der Waals surface area (Å²) in [7, 11) is 0. The number of unbranched alkanes of at least 4 members (excludes halogenated alkanes) is 1. The highest BCUT2D eigenvalue weighted by Gasteiger charge is 2.06. The number of hydrogen-bond donors (Lipinski definition) is 1. The highest BCUT2D eigenvalue weighted by Crippen LogP contribution is 2.18. The molecule has 1 aromatic carbocycles. The van der Waals surface area contributed by atoms with Crippen LogP contribution in [0.2, 0.25) is 0 Å². The van der Waals surface area contributed by atoms with E-state index in [9.17, 15) is 4.79 Å². The van der Waals surface area contributed by atoms with Gasteiger partial charge in [-0.05, 0) is 42.0 Å². The first-order chi connectivity index (χ1) is 9.24. The molecular formula is C16H22N2O. The van der Waals surface area contributed by atoms with Gasteiger partial charge in [0.1, 0.15) is 6.54 Å². The summed E-state index contributed by atoms with van der Waals surface area (Å²) in [5.41, 5.74) is 2.46. The van der Waals surface area contributed by atoms with Crippen molar-refractivity contribution in [2.24, 2.45) is 0 Å². The molecule has 0 radical (unpaired) electrons. The number of nitrogens with zero attached hydrogens (tertiary/aromatic N) is 1. The molecule has 0 fully saturated rings. The number of nitrogens with one attached hydrogen (secondary N) is 1. The number of aromatic nitrogens is 1. The van der Waals surface area contributed by atoms with Crippen molar-refractivity contribution in [1.82, 2.24) is 9.88 Å². The maximum Gasteiger partial charge on any atom is 0.239 e. The van der Waals surface area contributed by atoms with Gasteiger partial charge < -0.3 is 9.88 Å². The maximum absolute atomic E-state index is 11.8. The quantitative estimate of drug-likeness (QED) is 0.794. The molecule has 3 heteroatoms. The number of aryl methyl sites for hydroxylation is 1. The van der Waals surface area contributed by atoms with Crippen LogP contribution in [-0.2, 0) is 17.8 Å². The van der Waals surface area contributed by atoms with Crippen molar-refractivity contribution >= 4 is 16.8 Å². The van der Waals surface area contributed by atoms with Crippen LogP contribution in [0.1, 0.15) is 32.3 Å². The van der Waals surface area contributed by atoms with Crippen LogP contribution < -0.4 is 5.32 Å². The molecular weight excluding hydrogens is 236 g/mol. The van der Waals surface area contributed by atoms with E-state index < -0.39 is 0 Å². The number of carbonyl (C=O) groups is 1. The van der Waals surface area contributed by atoms with E-state index in [4.69, 9.17) is 0 Å². The third-order valence-electron chi connectivity index (χ3n) is 3.41. The van der Waals surface area contributed by atoms with Crippen molar-refractivity contribution in [2.75, 3.05) is 6.54 Å². The molecule has 102 valence electrons. The van der Waals surface area contributed by atoms with E-state index in [1.54, 1.807) is 0 Å². The number of hydrogen-bond acceptors (Lipinski definition) is 1. The molecule has 0 unspecified atom stereocenters. The van der Waals surface area contributed by atoms with E-state index in [1.807, 2.05) is 10.8 Å². The number of benzene rings is 1. The van der Waals surface area contributed by atoms with Crippen LogP contribution in [0.5, 0.6) is 0 Å². The van der Waals surface area contributed by atoms with Crippen LogP contribution in [0.4, 0.5) is 0 Å². The molecule has 1 aromatic heterocycles. The standard InChI is InChI=1S/C16H22N2O/c1-3-5-9-17-16(19)12-18-10-8-14-11-13(4-2)6-7-15(14)18/h6-8,10-11H,3-5,9,12H2,1-2H3,(H,17,19). The summed E-state index contributed by atoms with van der Waals surface area (Å²) in [6.45, 7) is 5.45. The van der Waals surface area contributed by atoms with E-state index in [-0.39, 0.29) is 5.91 Å². The zero-order chi connectivity index (χ0) is 13.7. The summed E-state index contributed by atoms with van der Waals surface area (Å²) < 4.78 is 2.01. The molecule has 0 saturated heterocycles. The van der Waals surface area contributed by atoms with Crippen molar-refractivity contribution in [3.8, 4) is 0 Å². The average molecular weight is 258 g/mol. The molecule has 0 aliphatic carbocycles. The fraction of sp³-hybridized carbons (Fsp3) is 0.438. The van der Waals surface area contributed by atoms with Gasteiger partial charge in [-0.3, -0.25) is 4.79 Å². The van der Waals surface area contributed by atoms with E-state index in [0.717, 1.165) is 31.3 Å². The van der Waals surface area contributed by atoms with Crippen LogP contribution in [0.3, 0.4) is 0 Å². The Morgan fingerprint density at radius 1 is 1.26 bits per heavy atom. The van der Waals surface area contributed by atoms with Crippen molar-refractivity contribution in [3.05, 3.63) is 36.0 Å². The SMILES string of the molecule is CCCCNC(=O)Cn1ccc2cc(CC)ccc21. The lowest BCUT2D eigenvalue weighted by molar-refractivity contribution is -0.121. The molecule has 0 spiro atoms. The summed E-state index contributed by atoms with van der Waals surface area (Å²) in [6.07, 6.45) is 5.17. The lowest BCUT2D eigenvalue weighted by atomic mass is 10.1. The van der Waals surface area contributed by atoms with Gasteiger partial charge in [0.15, 0.2) is 0 Å². The Morgan fingerprint density at radius 3 is 2.84 bits per heavy atom. The van der Waals surface area contributed by atoms with Gasteiger partial charge in [0.05, 0.1) is 0 Å². The molecule has 0 aliphatic heterocycles. The smallest absolute Gasteiger partial charge is 0.239 e. The average Bonchev–Trinajstić information content (AvgIpc) is 2.81. The Morgan fingerprint density at radius 2 is 2.11 bits per heavy atom. The second-order valence-electron chi connectivity index (χ2n) is 4.89. The molecule has 0 saturated carbocycles. The highest BCUT2D eigenvalue weighted by molar-refractivity contribution is 5.83. The summed E-state index contributed by atoms with van der Waals surface area (Å²) in [5, 5.41) is 4.16. The minimum Gasteiger partial charge on any atom is -0.355 e. The van der Waals surface area contributed by atoms with E-state index in [1.165, 1.54) is 10.9 Å². The van der Waals surface area contributed by atoms with Crippen LogP contribution in [0.15, 0.2) is 30.5 Å². The lowest BCUT2D eigenvalue weighted by Crippen LogP contribution is -2.28. The van der Waals surface area contributed by atoms with Gasteiger partial charge in [-0.25, -0.2) is 0 Å². The highest BCUT2D eigenvalue weighted by atomic mass is 16.1. The Balaban J connectivity index is 2.06. The minimum atomic E-state index is 0.0884. The summed E-state index contributed by atoms with van der Waals surface area (Å²) in [4.78, 5) is 11.8. The molecule has 3 nitrogen and oxygen atoms in total. The van der Waals surface area contributed by atoms with Gasteiger partial charge in [0.25, 0.3) is 0 Å². The Labute approximate surface area is 114 Å². The molecule has 1 heterocycles. The van der Waals surface area contributed by atoms with Gasteiger partial charge in [0.2, 0.25) is 5.91 Å². The van der Waals surface area contributed by atoms with Gasteiger partial charge >= 0.3 is 0 Å². The lowest BCUT2D eigenvalue weighted by Gasteiger charge is -2.07. The third kappa shape index (κ3) is 3.37. The van der Waals surface area contributed by atoms with Gasteiger partial charge in [-0.1, -0.05) is 26.3 Å². The van der Waals surface area contributed by atoms with Crippen molar-refractivity contribution in [3.63, 3.8) is 0 Å². The summed E-state index contributed by atoms with van der Waals surface area (Å²) in [6, 6.07) is 8.51. The molecule has 2 aromatic rings. The first-order valence-electron chi connectivity index (χ1n) is 7.09. The number of carbonyl (C=O) groups excluding carboxylic acids is 1. The van der Waals surface area contributed by atoms with Crippen molar-refractivity contribution in [2.45, 2.75) is 39.7 Å². The predicted octanol–water partition coefficient (Wildman–Crippen LogP) is 3.12. The molecule has 0 atom stereocenters. The van der Waals surface area contributed by atoms with E-state index >= 15 is 0 Å². The van der Waals surface area contributed by atoms with Gasteiger partial charge in [-0.2, -0.15) is 0 Å². The van der Waals surface area contributed by atoms with Crippen LogP contribution in [0, 0.1) is 0 Å². The Kier molecular flexibility index (Phi) is 4.61. The summed E-state index contributed by atoms with van der Waals surface area (Å²) >= 11 is 0. The Bertz CT molecular complexity index is 557. The second-order valence-corrected chi connectivity index (χ2v) is 4.89. The molecule has 0 aliphatic rings. The summed E-state index contributed by atoms with van der Waals surface area (Å²) in [5.74, 6) is 0.0884. The molecule has 2 rings (SSSR count). The zero-order valence-corrected chi connectivity index (χ0v) is 11.8. The topological polar surface area (TPSA) is 34.0 Å². The Hall–Kier alpha value is -1.77. The molecule has 0 bridgehead atoms. The van der Waals surface area contributed by atoms with Crippen LogP contribution in [-0.4, -0.2) is 17.0 Å². The first-order valence-corrected chi connectivity index (χ1v) is 7.09. The van der Waals surface area contributed by atoms with E-state index in [2.05, 4.69) is 43.4 Å². The third-order valence-corrected chi connectivity index (χ3v) is 3.41. The fourth-order valence-corrected chi connectivity index (χ4v) is 2.22. The largest absolute Gasteiger partial charge is 0.355 e. The monoisotopic (exact) mass is 258 g/mol. The zero-order valence-electron chi connectivity index (χ0n) is 11.8. The van der Waals surface area contributed by atoms with Gasteiger partial charge in [0, 0.05) is 18.3 Å². The minimum absolute atomic E-state index is 0.0884. The van der Waals surface area contributed by atoms with E-state index in [0.29, 0.717) is 6.54 Å². The van der Waals surface area contributed by atoms with Crippen LogP contribution in [0.25, 0.3) is 10.9 Å². The number of amides is 1. The fourth-order valence-electron chi connectivity index (χ4n) is 2.22. The number of rotatable bonds is 6.